The molecule has 0 aliphatic rings. The Bertz CT molecular complexity index is 1210. The second kappa shape index (κ2) is 9.35. The van der Waals surface area contributed by atoms with Gasteiger partial charge >= 0.3 is 0 Å². The van der Waals surface area contributed by atoms with Crippen molar-refractivity contribution in [3.8, 4) is 34.5 Å². The molecule has 0 bridgehead atoms. The fraction of sp³-hybridized carbons (Fsp3) is 0.391. The number of nitrogens with one attached hydrogen (secondary N) is 1. The highest BCUT2D eigenvalue weighted by molar-refractivity contribution is 5.88. The van der Waals surface area contributed by atoms with Crippen LogP contribution in [-0.4, -0.2) is 64.9 Å². The minimum Gasteiger partial charge on any atom is -0.493 e. The van der Waals surface area contributed by atoms with E-state index in [9.17, 15) is 0 Å². The van der Waals surface area contributed by atoms with Crippen LogP contribution in [0.4, 0.5) is 0 Å². The summed E-state index contributed by atoms with van der Waals surface area (Å²) in [5, 5.41) is 8.31. The lowest BCUT2D eigenvalue weighted by molar-refractivity contribution is 0.355. The Morgan fingerprint density at radius 2 is 1.91 bits per heavy atom. The fourth-order valence-corrected chi connectivity index (χ4v) is 3.71. The SMILES string of the molecule is CCc1c(-c2ccc(OC)c(OC)c2)[nH]c2cnc(-c3nnc(CCCN(C)C)o3)nc12. The zero-order chi connectivity index (χ0) is 22.7. The molecular formula is C23H28N6O3. The number of benzene rings is 1. The molecule has 4 aromatic rings. The van der Waals surface area contributed by atoms with Crippen LogP contribution in [0.15, 0.2) is 28.8 Å². The minimum absolute atomic E-state index is 0.336. The van der Waals surface area contributed by atoms with Crippen LogP contribution in [0.5, 0.6) is 11.5 Å². The van der Waals surface area contributed by atoms with Crippen LogP contribution in [0, 0.1) is 0 Å². The molecule has 0 aliphatic carbocycles. The van der Waals surface area contributed by atoms with E-state index in [0.29, 0.717) is 29.1 Å². The molecule has 3 aromatic heterocycles. The Labute approximate surface area is 186 Å². The van der Waals surface area contributed by atoms with Crippen molar-refractivity contribution in [1.82, 2.24) is 30.0 Å². The molecule has 0 radical (unpaired) electrons. The Hall–Kier alpha value is -3.46. The molecule has 3 heterocycles. The van der Waals surface area contributed by atoms with Gasteiger partial charge in [0.15, 0.2) is 11.5 Å². The molecule has 0 unspecified atom stereocenters. The Kier molecular flexibility index (Phi) is 6.36. The second-order valence-electron chi connectivity index (χ2n) is 7.77. The van der Waals surface area contributed by atoms with Crippen LogP contribution in [0.2, 0.25) is 0 Å². The first-order valence-electron chi connectivity index (χ1n) is 10.6. The van der Waals surface area contributed by atoms with Crippen molar-refractivity contribution in [3.63, 3.8) is 0 Å². The molecule has 32 heavy (non-hydrogen) atoms. The maximum Gasteiger partial charge on any atom is 0.285 e. The van der Waals surface area contributed by atoms with Gasteiger partial charge in [0.2, 0.25) is 11.7 Å². The lowest BCUT2D eigenvalue weighted by Gasteiger charge is -2.09. The van der Waals surface area contributed by atoms with E-state index in [1.807, 2.05) is 32.3 Å². The van der Waals surface area contributed by atoms with Crippen LogP contribution in [0.25, 0.3) is 34.0 Å². The van der Waals surface area contributed by atoms with Crippen molar-refractivity contribution in [2.24, 2.45) is 0 Å². The van der Waals surface area contributed by atoms with Crippen molar-refractivity contribution in [3.05, 3.63) is 35.9 Å². The van der Waals surface area contributed by atoms with Crippen LogP contribution in [0.3, 0.4) is 0 Å². The van der Waals surface area contributed by atoms with Gasteiger partial charge in [-0.15, -0.1) is 10.2 Å². The first-order chi connectivity index (χ1) is 15.5. The zero-order valence-corrected chi connectivity index (χ0v) is 19.1. The quantitative estimate of drug-likeness (QED) is 0.423. The molecule has 9 heteroatoms. The summed E-state index contributed by atoms with van der Waals surface area (Å²) in [4.78, 5) is 14.8. The van der Waals surface area contributed by atoms with E-state index in [0.717, 1.165) is 53.7 Å². The number of aryl methyl sites for hydroxylation is 2. The van der Waals surface area contributed by atoms with Gasteiger partial charge in [-0.05, 0) is 51.7 Å². The highest BCUT2D eigenvalue weighted by Gasteiger charge is 2.18. The van der Waals surface area contributed by atoms with E-state index in [4.69, 9.17) is 18.9 Å². The number of fused-ring (bicyclic) bond motifs is 1. The summed E-state index contributed by atoms with van der Waals surface area (Å²) in [6.45, 7) is 3.06. The van der Waals surface area contributed by atoms with E-state index in [2.05, 4.69) is 32.0 Å². The number of aromatic amines is 1. The third kappa shape index (κ3) is 4.29. The molecule has 1 N–H and O–H groups in total. The third-order valence-electron chi connectivity index (χ3n) is 5.32. The number of ether oxygens (including phenoxy) is 2. The Morgan fingerprint density at radius 1 is 1.09 bits per heavy atom. The Morgan fingerprint density at radius 3 is 2.62 bits per heavy atom. The molecule has 0 fully saturated rings. The molecule has 9 nitrogen and oxygen atoms in total. The summed E-state index contributed by atoms with van der Waals surface area (Å²) >= 11 is 0. The van der Waals surface area contributed by atoms with Gasteiger partial charge in [-0.1, -0.05) is 6.92 Å². The van der Waals surface area contributed by atoms with Crippen LogP contribution in [0.1, 0.15) is 24.8 Å². The number of hydrogen-bond acceptors (Lipinski definition) is 8. The van der Waals surface area contributed by atoms with Gasteiger partial charge < -0.3 is 23.8 Å². The lowest BCUT2D eigenvalue weighted by atomic mass is 10.0. The standard InChI is InChI=1S/C23H28N6O3/c1-6-15-20(14-9-10-17(30-4)18(12-14)31-5)25-16-13-24-22(26-21(15)16)23-28-27-19(32-23)8-7-11-29(2)3/h9-10,12-13,25H,6-8,11H2,1-5H3. The molecule has 0 aliphatic heterocycles. The average Bonchev–Trinajstić information content (AvgIpc) is 3.42. The van der Waals surface area contributed by atoms with Crippen molar-refractivity contribution < 1.29 is 13.9 Å². The van der Waals surface area contributed by atoms with Crippen molar-refractivity contribution in [2.75, 3.05) is 34.9 Å². The highest BCUT2D eigenvalue weighted by atomic mass is 16.5. The normalized spacial score (nSPS) is 11.4. The Balaban J connectivity index is 1.68. The lowest BCUT2D eigenvalue weighted by Crippen LogP contribution is -2.13. The number of H-pyrrole nitrogens is 1. The summed E-state index contributed by atoms with van der Waals surface area (Å²) in [6.07, 6.45) is 4.22. The van der Waals surface area contributed by atoms with Crippen LogP contribution < -0.4 is 9.47 Å². The van der Waals surface area contributed by atoms with Gasteiger partial charge in [-0.2, -0.15) is 0 Å². The summed E-state index contributed by atoms with van der Waals surface area (Å²) in [5.74, 6) is 2.72. The van der Waals surface area contributed by atoms with E-state index < -0.39 is 0 Å². The summed E-state index contributed by atoms with van der Waals surface area (Å²) < 4.78 is 16.6. The van der Waals surface area contributed by atoms with Gasteiger partial charge in [0.25, 0.3) is 5.89 Å². The first-order valence-corrected chi connectivity index (χ1v) is 10.6. The predicted molar refractivity (Wildman–Crippen MR) is 122 cm³/mol. The number of nitrogens with zero attached hydrogens (tertiary/aromatic N) is 5. The zero-order valence-electron chi connectivity index (χ0n) is 19.1. The van der Waals surface area contributed by atoms with Crippen molar-refractivity contribution in [2.45, 2.75) is 26.2 Å². The monoisotopic (exact) mass is 436 g/mol. The summed E-state index contributed by atoms with van der Waals surface area (Å²) in [7, 11) is 7.34. The minimum atomic E-state index is 0.336. The highest BCUT2D eigenvalue weighted by Crippen LogP contribution is 2.36. The van der Waals surface area contributed by atoms with Crippen LogP contribution >= 0.6 is 0 Å². The van der Waals surface area contributed by atoms with Crippen molar-refractivity contribution >= 4 is 11.0 Å². The molecular weight excluding hydrogens is 408 g/mol. The fourth-order valence-electron chi connectivity index (χ4n) is 3.71. The van der Waals surface area contributed by atoms with Gasteiger partial charge in [0.05, 0.1) is 37.1 Å². The molecule has 0 atom stereocenters. The maximum atomic E-state index is 5.81. The summed E-state index contributed by atoms with van der Waals surface area (Å²) in [5.41, 5.74) is 4.74. The molecule has 0 saturated heterocycles. The third-order valence-corrected chi connectivity index (χ3v) is 5.32. The van der Waals surface area contributed by atoms with Crippen molar-refractivity contribution in [1.29, 1.82) is 0 Å². The molecule has 1 aromatic carbocycles. The topological polar surface area (TPSA) is 102 Å². The van der Waals surface area contributed by atoms with Gasteiger partial charge in [0, 0.05) is 17.5 Å². The number of methoxy groups -OCH3 is 2. The van der Waals surface area contributed by atoms with Gasteiger partial charge in [-0.25, -0.2) is 9.97 Å². The van der Waals surface area contributed by atoms with Gasteiger partial charge in [-0.3, -0.25) is 0 Å². The van der Waals surface area contributed by atoms with E-state index in [1.165, 1.54) is 0 Å². The van der Waals surface area contributed by atoms with E-state index >= 15 is 0 Å². The molecule has 0 spiro atoms. The second-order valence-corrected chi connectivity index (χ2v) is 7.77. The number of hydrogen-bond donors (Lipinski definition) is 1. The summed E-state index contributed by atoms with van der Waals surface area (Å²) in [6, 6.07) is 5.85. The van der Waals surface area contributed by atoms with Gasteiger partial charge in [0.1, 0.15) is 0 Å². The predicted octanol–water partition coefficient (Wildman–Crippen LogP) is 3.75. The largest absolute Gasteiger partial charge is 0.493 e. The number of aromatic nitrogens is 5. The van der Waals surface area contributed by atoms with E-state index in [1.54, 1.807) is 20.4 Å². The smallest absolute Gasteiger partial charge is 0.285 e. The van der Waals surface area contributed by atoms with E-state index in [-0.39, 0.29) is 0 Å². The van der Waals surface area contributed by atoms with Crippen LogP contribution in [-0.2, 0) is 12.8 Å². The first kappa shape index (κ1) is 21.8. The molecule has 168 valence electrons. The maximum absolute atomic E-state index is 5.81. The number of rotatable bonds is 9. The molecule has 0 amide bonds. The average molecular weight is 437 g/mol. The molecule has 0 saturated carbocycles. The molecule has 4 rings (SSSR count).